The van der Waals surface area contributed by atoms with Crippen LogP contribution >= 0.6 is 0 Å². The quantitative estimate of drug-likeness (QED) is 0.629. The van der Waals surface area contributed by atoms with E-state index in [0.29, 0.717) is 17.9 Å². The summed E-state index contributed by atoms with van der Waals surface area (Å²) in [5, 5.41) is 0. The van der Waals surface area contributed by atoms with Gasteiger partial charge in [-0.25, -0.2) is 0 Å². The van der Waals surface area contributed by atoms with Crippen LogP contribution in [0.5, 0.6) is 0 Å². The zero-order chi connectivity index (χ0) is 9.14. The van der Waals surface area contributed by atoms with E-state index in [-0.39, 0.29) is 0 Å². The maximum atomic E-state index is 6.08. The Morgan fingerprint density at radius 1 is 1.42 bits per heavy atom. The molecule has 0 aromatic carbocycles. The highest BCUT2D eigenvalue weighted by Crippen LogP contribution is 2.32. The van der Waals surface area contributed by atoms with E-state index in [0.717, 1.165) is 0 Å². The second-order valence-corrected chi connectivity index (χ2v) is 4.25. The lowest BCUT2D eigenvalue weighted by Gasteiger charge is -2.33. The zero-order valence-corrected chi connectivity index (χ0v) is 8.34. The van der Waals surface area contributed by atoms with Crippen molar-refractivity contribution in [3.63, 3.8) is 0 Å². The third kappa shape index (κ3) is 2.10. The molecule has 2 N–H and O–H groups in total. The molecule has 1 nitrogen and oxygen atoms in total. The molecule has 1 aliphatic rings. The SMILES string of the molecule is C=C(C)[C@@H](C)[C@@H]1CCCC[C@@H]1N. The summed E-state index contributed by atoms with van der Waals surface area (Å²) in [5.74, 6) is 1.30. The highest BCUT2D eigenvalue weighted by Gasteiger charge is 2.26. The average Bonchev–Trinajstić information content (AvgIpc) is 2.04. The highest BCUT2D eigenvalue weighted by atomic mass is 14.7. The lowest BCUT2D eigenvalue weighted by molar-refractivity contribution is 0.250. The summed E-state index contributed by atoms with van der Waals surface area (Å²) in [5.41, 5.74) is 7.37. The van der Waals surface area contributed by atoms with Crippen molar-refractivity contribution < 1.29 is 0 Å². The van der Waals surface area contributed by atoms with Gasteiger partial charge in [-0.15, -0.1) is 0 Å². The van der Waals surface area contributed by atoms with Gasteiger partial charge in [-0.1, -0.05) is 31.9 Å². The Bertz CT molecular complexity index is 162. The first-order chi connectivity index (χ1) is 5.63. The Morgan fingerprint density at radius 2 is 2.00 bits per heavy atom. The summed E-state index contributed by atoms with van der Waals surface area (Å²) >= 11 is 0. The van der Waals surface area contributed by atoms with Crippen molar-refractivity contribution in [3.8, 4) is 0 Å². The van der Waals surface area contributed by atoms with E-state index in [1.165, 1.54) is 31.3 Å². The standard InChI is InChI=1S/C11H21N/c1-8(2)9(3)10-6-4-5-7-11(10)12/h9-11H,1,4-7,12H2,2-3H3/t9-,10+,11+/m1/s1. The topological polar surface area (TPSA) is 26.0 Å². The normalized spacial score (nSPS) is 32.9. The molecule has 1 fully saturated rings. The van der Waals surface area contributed by atoms with Crippen LogP contribution in [-0.2, 0) is 0 Å². The molecule has 1 aliphatic carbocycles. The monoisotopic (exact) mass is 167 g/mol. The number of hydrogen-bond donors (Lipinski definition) is 1. The van der Waals surface area contributed by atoms with Gasteiger partial charge >= 0.3 is 0 Å². The Labute approximate surface area is 76.0 Å². The summed E-state index contributed by atoms with van der Waals surface area (Å²) in [7, 11) is 0. The second kappa shape index (κ2) is 4.08. The van der Waals surface area contributed by atoms with Gasteiger partial charge in [-0.2, -0.15) is 0 Å². The Morgan fingerprint density at radius 3 is 2.50 bits per heavy atom. The number of nitrogens with two attached hydrogens (primary N) is 1. The second-order valence-electron chi connectivity index (χ2n) is 4.25. The van der Waals surface area contributed by atoms with Crippen molar-refractivity contribution in [2.75, 3.05) is 0 Å². The largest absolute Gasteiger partial charge is 0.327 e. The van der Waals surface area contributed by atoms with E-state index in [9.17, 15) is 0 Å². The summed E-state index contributed by atoms with van der Waals surface area (Å²) < 4.78 is 0. The maximum absolute atomic E-state index is 6.08. The van der Waals surface area contributed by atoms with Gasteiger partial charge in [0.05, 0.1) is 0 Å². The predicted molar refractivity (Wildman–Crippen MR) is 53.9 cm³/mol. The van der Waals surface area contributed by atoms with Crippen molar-refractivity contribution >= 4 is 0 Å². The molecule has 0 unspecified atom stereocenters. The fourth-order valence-corrected chi connectivity index (χ4v) is 2.17. The Kier molecular flexibility index (Phi) is 3.33. The van der Waals surface area contributed by atoms with E-state index in [1.807, 2.05) is 0 Å². The minimum atomic E-state index is 0.422. The minimum Gasteiger partial charge on any atom is -0.327 e. The summed E-state index contributed by atoms with van der Waals surface area (Å²) in [4.78, 5) is 0. The van der Waals surface area contributed by atoms with E-state index in [1.54, 1.807) is 0 Å². The lowest BCUT2D eigenvalue weighted by atomic mass is 9.75. The van der Waals surface area contributed by atoms with Crippen molar-refractivity contribution in [2.24, 2.45) is 17.6 Å². The third-order valence-corrected chi connectivity index (χ3v) is 3.29. The molecule has 12 heavy (non-hydrogen) atoms. The van der Waals surface area contributed by atoms with E-state index < -0.39 is 0 Å². The Balaban J connectivity index is 2.53. The van der Waals surface area contributed by atoms with Crippen molar-refractivity contribution in [1.29, 1.82) is 0 Å². The molecule has 0 amide bonds. The molecule has 3 atom stereocenters. The molecule has 0 radical (unpaired) electrons. The van der Waals surface area contributed by atoms with Crippen LogP contribution in [0.4, 0.5) is 0 Å². The zero-order valence-electron chi connectivity index (χ0n) is 8.34. The summed E-state index contributed by atoms with van der Waals surface area (Å²) in [6, 6.07) is 0.422. The van der Waals surface area contributed by atoms with Crippen molar-refractivity contribution in [1.82, 2.24) is 0 Å². The van der Waals surface area contributed by atoms with E-state index in [2.05, 4.69) is 20.4 Å². The molecule has 70 valence electrons. The van der Waals surface area contributed by atoms with Gasteiger partial charge in [-0.3, -0.25) is 0 Å². The molecule has 0 spiro atoms. The molecule has 1 rings (SSSR count). The first kappa shape index (κ1) is 9.79. The van der Waals surface area contributed by atoms with Crippen molar-refractivity contribution in [3.05, 3.63) is 12.2 Å². The van der Waals surface area contributed by atoms with Gasteiger partial charge in [0.25, 0.3) is 0 Å². The molecule has 0 aromatic rings. The third-order valence-electron chi connectivity index (χ3n) is 3.29. The van der Waals surface area contributed by atoms with Crippen LogP contribution in [0.15, 0.2) is 12.2 Å². The molecule has 0 bridgehead atoms. The first-order valence-electron chi connectivity index (χ1n) is 5.04. The van der Waals surface area contributed by atoms with Gasteiger partial charge in [0.15, 0.2) is 0 Å². The van der Waals surface area contributed by atoms with Crippen LogP contribution in [0.25, 0.3) is 0 Å². The van der Waals surface area contributed by atoms with E-state index >= 15 is 0 Å². The van der Waals surface area contributed by atoms with Crippen LogP contribution in [0.1, 0.15) is 39.5 Å². The van der Waals surface area contributed by atoms with Crippen molar-refractivity contribution in [2.45, 2.75) is 45.6 Å². The van der Waals surface area contributed by atoms with Gasteiger partial charge in [0.1, 0.15) is 0 Å². The lowest BCUT2D eigenvalue weighted by Crippen LogP contribution is -2.37. The molecule has 0 heterocycles. The van der Waals surface area contributed by atoms with E-state index in [4.69, 9.17) is 5.73 Å². The highest BCUT2D eigenvalue weighted by molar-refractivity contribution is 4.99. The first-order valence-corrected chi connectivity index (χ1v) is 5.04. The summed E-state index contributed by atoms with van der Waals surface area (Å²) in [6.45, 7) is 8.39. The fraction of sp³-hybridized carbons (Fsp3) is 0.818. The van der Waals surface area contributed by atoms with Crippen LogP contribution in [0.2, 0.25) is 0 Å². The maximum Gasteiger partial charge on any atom is 0.00727 e. The minimum absolute atomic E-state index is 0.422. The van der Waals surface area contributed by atoms with Crippen LogP contribution < -0.4 is 5.73 Å². The van der Waals surface area contributed by atoms with Crippen LogP contribution in [-0.4, -0.2) is 6.04 Å². The van der Waals surface area contributed by atoms with Gasteiger partial charge in [0, 0.05) is 6.04 Å². The predicted octanol–water partition coefficient (Wildman–Crippen LogP) is 2.72. The van der Waals surface area contributed by atoms with Gasteiger partial charge in [0.2, 0.25) is 0 Å². The molecule has 0 aliphatic heterocycles. The van der Waals surface area contributed by atoms with Gasteiger partial charge < -0.3 is 5.73 Å². The molecular weight excluding hydrogens is 146 g/mol. The summed E-state index contributed by atoms with van der Waals surface area (Å²) in [6.07, 6.45) is 5.19. The number of allylic oxidation sites excluding steroid dienone is 1. The Hall–Kier alpha value is -0.300. The fourth-order valence-electron chi connectivity index (χ4n) is 2.17. The average molecular weight is 167 g/mol. The molecule has 0 aromatic heterocycles. The molecule has 0 saturated heterocycles. The number of hydrogen-bond acceptors (Lipinski definition) is 1. The molecule has 1 saturated carbocycles. The smallest absolute Gasteiger partial charge is 0.00727 e. The number of rotatable bonds is 2. The molecular formula is C11H21N. The van der Waals surface area contributed by atoms with Crippen LogP contribution in [0, 0.1) is 11.8 Å². The van der Waals surface area contributed by atoms with Crippen LogP contribution in [0.3, 0.4) is 0 Å². The van der Waals surface area contributed by atoms with Gasteiger partial charge in [-0.05, 0) is 31.6 Å². The molecule has 1 heteroatoms.